The number of nitrogens with zero attached hydrogens (tertiary/aromatic N) is 1. The van der Waals surface area contributed by atoms with Gasteiger partial charge in [0.1, 0.15) is 5.84 Å². The molecule has 0 aliphatic rings. The van der Waals surface area contributed by atoms with Gasteiger partial charge in [-0.15, -0.1) is 23.1 Å². The zero-order chi connectivity index (χ0) is 25.9. The van der Waals surface area contributed by atoms with Crippen LogP contribution in [0.15, 0.2) is 61.5 Å². The molecule has 0 aliphatic heterocycles. The second-order valence-electron chi connectivity index (χ2n) is 7.15. The molecular weight excluding hydrogens is 512 g/mol. The number of nitrogens with two attached hydrogens (primary N) is 2. The minimum absolute atomic E-state index is 0.0321. The molecule has 13 heteroatoms. The van der Waals surface area contributed by atoms with Gasteiger partial charge < -0.3 is 21.3 Å². The number of methoxy groups -OCH3 is 1. The summed E-state index contributed by atoms with van der Waals surface area (Å²) >= 11 is 2.33. The maximum Gasteiger partial charge on any atom is 0.435 e. The highest BCUT2D eigenvalue weighted by Gasteiger charge is 2.26. The quantitative estimate of drug-likeness (QED) is 0.154. The molecule has 35 heavy (non-hydrogen) atoms. The van der Waals surface area contributed by atoms with Crippen molar-refractivity contribution in [2.75, 3.05) is 24.4 Å². The molecule has 2 amide bonds. The van der Waals surface area contributed by atoms with E-state index in [2.05, 4.69) is 15.0 Å². The molecule has 0 radical (unpaired) electrons. The lowest BCUT2D eigenvalue weighted by Gasteiger charge is -2.14. The summed E-state index contributed by atoms with van der Waals surface area (Å²) in [6.45, 7) is 1.75. The number of aryl methyl sites for hydroxylation is 1. The number of carboxylic acid groups (broad SMARTS) is 1. The van der Waals surface area contributed by atoms with Crippen molar-refractivity contribution in [2.45, 2.75) is 20.9 Å². The van der Waals surface area contributed by atoms with Crippen LogP contribution in [0.25, 0.3) is 11.1 Å². The number of nitrogen functional groups attached to an aromatic ring is 1. The molecule has 0 atom stereocenters. The summed E-state index contributed by atoms with van der Waals surface area (Å²) in [5.41, 5.74) is 14.5. The number of sulfone groups is 1. The Morgan fingerprint density at radius 1 is 1.20 bits per heavy atom. The van der Waals surface area contributed by atoms with Crippen molar-refractivity contribution < 1.29 is 27.9 Å². The number of hydrogen-bond acceptors (Lipinski definition) is 8. The van der Waals surface area contributed by atoms with E-state index in [9.17, 15) is 18.0 Å². The van der Waals surface area contributed by atoms with E-state index in [0.717, 1.165) is 18.4 Å². The van der Waals surface area contributed by atoms with E-state index in [0.29, 0.717) is 31.5 Å². The number of carbonyl (C=O) groups excluding carboxylic acids is 1. The smallest absolute Gasteiger partial charge is 0.435 e. The molecule has 1 aromatic heterocycles. The standard InChI is InChI=1S/C22H22N4O6S3/c1-11-7-13(25-21(27)28)9-15(23)18(11)12-5-4-6-14(8-12)35(30,31)17-10-16(34-20(17)33-3)19(24)26-22(29)32-2/h4-10,25H,23H2,1-3H3,(H,27,28)(H2,24,26,29). The zero-order valence-electron chi connectivity index (χ0n) is 18.9. The van der Waals surface area contributed by atoms with E-state index in [-0.39, 0.29) is 21.3 Å². The van der Waals surface area contributed by atoms with Gasteiger partial charge in [0.15, 0.2) is 0 Å². The summed E-state index contributed by atoms with van der Waals surface area (Å²) < 4.78 is 32.1. The van der Waals surface area contributed by atoms with Gasteiger partial charge in [0, 0.05) is 16.9 Å². The average Bonchev–Trinajstić information content (AvgIpc) is 3.24. The molecule has 10 nitrogen and oxygen atoms in total. The number of anilines is 2. The monoisotopic (exact) mass is 534 g/mol. The second-order valence-corrected chi connectivity index (χ2v) is 11.2. The molecule has 6 N–H and O–H groups in total. The Kier molecular flexibility index (Phi) is 7.73. The van der Waals surface area contributed by atoms with Crippen LogP contribution in [0.2, 0.25) is 0 Å². The summed E-state index contributed by atoms with van der Waals surface area (Å²) in [7, 11) is -2.82. The number of rotatable bonds is 6. The van der Waals surface area contributed by atoms with Gasteiger partial charge in [-0.2, -0.15) is 4.99 Å². The first-order valence-corrected chi connectivity index (χ1v) is 13.4. The van der Waals surface area contributed by atoms with Crippen molar-refractivity contribution in [3.8, 4) is 11.1 Å². The van der Waals surface area contributed by atoms with E-state index < -0.39 is 22.0 Å². The van der Waals surface area contributed by atoms with Gasteiger partial charge >= 0.3 is 12.2 Å². The first-order valence-electron chi connectivity index (χ1n) is 9.83. The van der Waals surface area contributed by atoms with Crippen molar-refractivity contribution in [3.63, 3.8) is 0 Å². The number of amidine groups is 1. The molecule has 0 unspecified atom stereocenters. The Morgan fingerprint density at radius 2 is 1.91 bits per heavy atom. The van der Waals surface area contributed by atoms with Crippen LogP contribution in [0, 0.1) is 6.92 Å². The number of aliphatic imine (C=N–C) groups is 1. The Bertz CT molecular complexity index is 1420. The summed E-state index contributed by atoms with van der Waals surface area (Å²) in [5.74, 6) is -0.147. The number of thiophene rings is 1. The normalized spacial score (nSPS) is 11.8. The molecule has 0 fully saturated rings. The van der Waals surface area contributed by atoms with E-state index in [1.54, 1.807) is 31.4 Å². The van der Waals surface area contributed by atoms with E-state index >= 15 is 0 Å². The van der Waals surface area contributed by atoms with Crippen molar-refractivity contribution >= 4 is 62.3 Å². The fourth-order valence-corrected chi connectivity index (χ4v) is 7.31. The van der Waals surface area contributed by atoms with Gasteiger partial charge in [0.25, 0.3) is 0 Å². The van der Waals surface area contributed by atoms with Gasteiger partial charge in [-0.05, 0) is 54.6 Å². The molecule has 3 rings (SSSR count). The lowest BCUT2D eigenvalue weighted by atomic mass is 9.98. The van der Waals surface area contributed by atoms with Crippen LogP contribution in [0.1, 0.15) is 10.4 Å². The van der Waals surface area contributed by atoms with Gasteiger partial charge in [0.2, 0.25) is 9.84 Å². The van der Waals surface area contributed by atoms with Crippen molar-refractivity contribution in [3.05, 3.63) is 52.9 Å². The van der Waals surface area contributed by atoms with Crippen LogP contribution in [0.3, 0.4) is 0 Å². The van der Waals surface area contributed by atoms with Crippen LogP contribution in [0.4, 0.5) is 21.0 Å². The third-order valence-electron chi connectivity index (χ3n) is 4.83. The van der Waals surface area contributed by atoms with Crippen LogP contribution in [-0.4, -0.2) is 44.9 Å². The average molecular weight is 535 g/mol. The minimum Gasteiger partial charge on any atom is -0.465 e. The van der Waals surface area contributed by atoms with Crippen LogP contribution in [0.5, 0.6) is 0 Å². The third-order valence-corrected chi connectivity index (χ3v) is 9.16. The molecule has 0 saturated carbocycles. The van der Waals surface area contributed by atoms with Gasteiger partial charge in [0.05, 0.1) is 26.0 Å². The lowest BCUT2D eigenvalue weighted by molar-refractivity contribution is 0.182. The fraction of sp³-hybridized carbons (Fsp3) is 0.136. The van der Waals surface area contributed by atoms with Gasteiger partial charge in [-0.1, -0.05) is 12.1 Å². The Hall–Kier alpha value is -3.55. The van der Waals surface area contributed by atoms with E-state index in [4.69, 9.17) is 16.6 Å². The molecule has 1 heterocycles. The number of nitrogens with one attached hydrogen (secondary N) is 1. The molecule has 2 aromatic carbocycles. The molecule has 0 bridgehead atoms. The molecule has 3 aromatic rings. The number of benzene rings is 2. The number of ether oxygens (including phenoxy) is 1. The Morgan fingerprint density at radius 3 is 2.51 bits per heavy atom. The zero-order valence-corrected chi connectivity index (χ0v) is 21.3. The molecule has 0 aliphatic carbocycles. The number of carbonyl (C=O) groups is 2. The molecule has 0 spiro atoms. The first kappa shape index (κ1) is 26.1. The highest BCUT2D eigenvalue weighted by atomic mass is 32.2. The second kappa shape index (κ2) is 10.4. The maximum absolute atomic E-state index is 13.6. The van der Waals surface area contributed by atoms with Crippen LogP contribution < -0.4 is 16.8 Å². The molecule has 184 valence electrons. The lowest BCUT2D eigenvalue weighted by Crippen LogP contribution is -2.14. The van der Waals surface area contributed by atoms with Crippen molar-refractivity contribution in [1.29, 1.82) is 0 Å². The van der Waals surface area contributed by atoms with E-state index in [1.165, 1.54) is 36.0 Å². The highest BCUT2D eigenvalue weighted by molar-refractivity contribution is 8.01. The van der Waals surface area contributed by atoms with Gasteiger partial charge in [-0.3, -0.25) is 5.32 Å². The molecule has 0 saturated heterocycles. The Balaban J connectivity index is 2.08. The maximum atomic E-state index is 13.6. The van der Waals surface area contributed by atoms with Gasteiger partial charge in [-0.25, -0.2) is 18.0 Å². The predicted octanol–water partition coefficient (Wildman–Crippen LogP) is 4.42. The minimum atomic E-state index is -3.98. The number of amides is 2. The Labute approximate surface area is 209 Å². The predicted molar refractivity (Wildman–Crippen MR) is 137 cm³/mol. The fourth-order valence-electron chi connectivity index (χ4n) is 3.36. The van der Waals surface area contributed by atoms with Crippen LogP contribution in [-0.2, 0) is 14.6 Å². The first-order chi connectivity index (χ1) is 16.5. The summed E-state index contributed by atoms with van der Waals surface area (Å²) in [5, 5.41) is 11.2. The number of thioether (sulfide) groups is 1. The summed E-state index contributed by atoms with van der Waals surface area (Å²) in [4.78, 5) is 26.3. The van der Waals surface area contributed by atoms with Crippen molar-refractivity contribution in [1.82, 2.24) is 0 Å². The molecular formula is C22H22N4O6S3. The third kappa shape index (κ3) is 5.58. The summed E-state index contributed by atoms with van der Waals surface area (Å²) in [6, 6.07) is 10.8. The van der Waals surface area contributed by atoms with Crippen LogP contribution >= 0.6 is 23.1 Å². The van der Waals surface area contributed by atoms with E-state index in [1.807, 2.05) is 0 Å². The SMILES string of the molecule is COC(=O)/N=C(/N)c1cc(S(=O)(=O)c2cccc(-c3c(C)cc(NC(=O)O)cc3N)c2)c(SC)s1. The van der Waals surface area contributed by atoms with Crippen molar-refractivity contribution in [2.24, 2.45) is 10.7 Å². The largest absolute Gasteiger partial charge is 0.465 e. The summed E-state index contributed by atoms with van der Waals surface area (Å²) in [6.07, 6.45) is -0.381. The highest BCUT2D eigenvalue weighted by Crippen LogP contribution is 2.39. The number of hydrogen-bond donors (Lipinski definition) is 4. The topological polar surface area (TPSA) is 174 Å².